The molecule has 0 fully saturated rings. The van der Waals surface area contributed by atoms with E-state index < -0.39 is 41.8 Å². The molecule has 0 radical (unpaired) electrons. The quantitative estimate of drug-likeness (QED) is 0.228. The second-order valence-corrected chi connectivity index (χ2v) is 9.78. The maximum Gasteiger partial charge on any atom is 0.151 e. The fourth-order valence-electron chi connectivity index (χ4n) is 0.883. The number of rotatable bonds is 5. The molecule has 0 amide bonds. The Bertz CT molecular complexity index is 644. The van der Waals surface area contributed by atoms with Crippen LogP contribution < -0.4 is 0 Å². The van der Waals surface area contributed by atoms with Gasteiger partial charge in [-0.05, 0) is 0 Å². The van der Waals surface area contributed by atoms with Gasteiger partial charge in [0.15, 0.2) is 6.29 Å². The monoisotopic (exact) mass is 392 g/mol. The zero-order valence-corrected chi connectivity index (χ0v) is 13.4. The van der Waals surface area contributed by atoms with Crippen LogP contribution in [-0.4, -0.2) is 62.8 Å². The van der Waals surface area contributed by atoms with Gasteiger partial charge >= 0.3 is 72.1 Å². The predicted octanol–water partition coefficient (Wildman–Crippen LogP) is -3.28. The Labute approximate surface area is 140 Å². The average molecular weight is 392 g/mol. The molecule has 13 heteroatoms. The van der Waals surface area contributed by atoms with Crippen molar-refractivity contribution in [2.24, 2.45) is 0 Å². The Hall–Kier alpha value is -3.07. The van der Waals surface area contributed by atoms with Gasteiger partial charge in [-0.3, -0.25) is 0 Å². The van der Waals surface area contributed by atoms with Crippen LogP contribution in [0.15, 0.2) is 0 Å². The minimum absolute atomic E-state index is 0.0258. The Kier molecular flexibility index (Phi) is 7.89. The van der Waals surface area contributed by atoms with Crippen molar-refractivity contribution in [2.45, 2.75) is 24.4 Å². The summed E-state index contributed by atoms with van der Waals surface area (Å²) in [5, 5.41) is 95.0. The first-order chi connectivity index (χ1) is 11.5. The van der Waals surface area contributed by atoms with Crippen LogP contribution in [0.2, 0.25) is 0 Å². The van der Waals surface area contributed by atoms with E-state index in [1.165, 1.54) is 0 Å². The van der Waals surface area contributed by atoms with E-state index in [2.05, 4.69) is 0 Å². The van der Waals surface area contributed by atoms with Crippen LogP contribution in [0.4, 0.5) is 0 Å². The molecule has 12 nitrogen and oxygen atoms in total. The summed E-state index contributed by atoms with van der Waals surface area (Å²) < 4.78 is 0. The van der Waals surface area contributed by atoms with Crippen molar-refractivity contribution in [2.75, 3.05) is 6.61 Å². The predicted molar refractivity (Wildman–Crippen MR) is 70.9 cm³/mol. The number of nitrogens with zero attached hydrogens (tertiary/aromatic N) is 6. The van der Waals surface area contributed by atoms with Crippen molar-refractivity contribution >= 4 is 6.29 Å². The van der Waals surface area contributed by atoms with Crippen molar-refractivity contribution in [3.05, 3.63) is 0 Å². The second kappa shape index (κ2) is 8.15. The fraction of sp³-hybridized carbons (Fsp3) is 0.417. The van der Waals surface area contributed by atoms with Gasteiger partial charge in [0, 0.05) is 0 Å². The molecule has 0 aromatic rings. The summed E-state index contributed by atoms with van der Waals surface area (Å²) in [6.45, 7) is -0.760. The number of hydrogen-bond acceptors (Lipinski definition) is 12. The van der Waals surface area contributed by atoms with E-state index in [-0.39, 0.29) is 6.29 Å². The zero-order chi connectivity index (χ0) is 20.4. The number of aldehydes is 1. The van der Waals surface area contributed by atoms with Gasteiger partial charge in [-0.15, -0.1) is 0 Å². The number of carbonyl (C=O) groups excluding carboxylic acids is 1. The largest absolute Gasteiger partial charge is 0.394 e. The molecule has 0 aliphatic heterocycles. The normalized spacial score (nSPS) is 17.1. The summed E-state index contributed by atoms with van der Waals surface area (Å²) in [7, 11) is -6.17. The third-order valence-corrected chi connectivity index (χ3v) is 6.31. The first-order valence-electron chi connectivity index (χ1n) is 5.73. The van der Waals surface area contributed by atoms with E-state index >= 15 is 0 Å². The van der Waals surface area contributed by atoms with Gasteiger partial charge in [-0.1, -0.05) is 0 Å². The molecule has 0 aliphatic carbocycles. The molecule has 0 saturated heterocycles. The van der Waals surface area contributed by atoms with Crippen molar-refractivity contribution in [3.63, 3.8) is 0 Å². The van der Waals surface area contributed by atoms with Crippen molar-refractivity contribution in [3.8, 4) is 29.8 Å². The van der Waals surface area contributed by atoms with Crippen molar-refractivity contribution < 1.29 is 41.1 Å². The van der Waals surface area contributed by atoms with Crippen LogP contribution in [0.25, 0.3) is 0 Å². The first kappa shape index (κ1) is 24.2. The molecule has 0 aromatic heterocycles. The fourth-order valence-corrected chi connectivity index (χ4v) is 1.71. The Balaban J connectivity index is 0. The maximum atomic E-state index is 9.90. The zero-order valence-electron chi connectivity index (χ0n) is 12.3. The molecular formula is C12H12FeN6O6. The summed E-state index contributed by atoms with van der Waals surface area (Å²) in [5.41, 5.74) is 0. The summed E-state index contributed by atoms with van der Waals surface area (Å²) in [5.74, 6) is 0. The van der Waals surface area contributed by atoms with Gasteiger partial charge in [0.25, 0.3) is 0 Å². The van der Waals surface area contributed by atoms with Crippen molar-refractivity contribution in [1.82, 2.24) is 0 Å². The van der Waals surface area contributed by atoms with Crippen LogP contribution in [0.3, 0.4) is 0 Å². The van der Waals surface area contributed by atoms with Crippen LogP contribution in [0.1, 0.15) is 0 Å². The summed E-state index contributed by atoms with van der Waals surface area (Å²) in [6.07, 6.45) is -6.84. The number of carbonyl (C=O) groups is 1. The average Bonchev–Trinajstić information content (AvgIpc) is 2.70. The number of aliphatic hydroxyl groups is 5. The number of hydrogen-bond donors (Lipinski definition) is 5. The summed E-state index contributed by atoms with van der Waals surface area (Å²) in [4.78, 5) is 16.1. The molecule has 0 heterocycles. The number of nitriles is 6. The maximum absolute atomic E-state index is 9.90. The molecule has 134 valence electrons. The van der Waals surface area contributed by atoms with E-state index in [0.29, 0.717) is 0 Å². The van der Waals surface area contributed by atoms with E-state index in [0.717, 1.165) is 29.8 Å². The smallest absolute Gasteiger partial charge is 0.151 e. The van der Waals surface area contributed by atoms with Gasteiger partial charge in [0.2, 0.25) is 0 Å². The molecule has 0 bridgehead atoms. The molecule has 0 spiro atoms. The van der Waals surface area contributed by atoms with Crippen LogP contribution >= 0.6 is 0 Å². The van der Waals surface area contributed by atoms with Crippen molar-refractivity contribution in [1.29, 1.82) is 31.6 Å². The standard InChI is InChI=1S/C6H12O6.6CN.Fe/c7-1-3(9)5(11)6(12)4(10)2-8;6*1-2;/h1,3-6,8-12H,2H2;;;;;;;/t3-,4+,5+,6+;;;;;;;/m0......./s1. The van der Waals surface area contributed by atoms with E-state index in [1.807, 2.05) is 0 Å². The topological polar surface area (TPSA) is 261 Å². The molecule has 0 unspecified atom stereocenters. The third-order valence-electron chi connectivity index (χ3n) is 2.61. The van der Waals surface area contributed by atoms with Gasteiger partial charge < -0.3 is 30.3 Å². The van der Waals surface area contributed by atoms with E-state index in [1.54, 1.807) is 0 Å². The molecule has 0 aromatic carbocycles. The molecule has 4 atom stereocenters. The molecule has 0 saturated carbocycles. The van der Waals surface area contributed by atoms with Crippen LogP contribution in [-0.2, 0) is 15.5 Å². The SMILES string of the molecule is N#[C][Fe]([C]#N)([C]#N)([C]#N)([C]#N)[C]#N.O=C[C@H](O)[C@@H](O)[C@H](O)[C@H](O)CO. The third kappa shape index (κ3) is 4.07. The second-order valence-electron chi connectivity index (χ2n) is 4.16. The molecule has 0 rings (SSSR count). The Morgan fingerprint density at radius 1 is 0.760 bits per heavy atom. The minimum Gasteiger partial charge on any atom is -0.394 e. The Morgan fingerprint density at radius 3 is 1.24 bits per heavy atom. The minimum atomic E-state index is -6.17. The van der Waals surface area contributed by atoms with Crippen LogP contribution in [0, 0.1) is 61.4 Å². The first-order valence-corrected chi connectivity index (χ1v) is 9.04. The molecule has 25 heavy (non-hydrogen) atoms. The molecule has 5 N–H and O–H groups in total. The summed E-state index contributed by atoms with van der Waals surface area (Å²) in [6, 6.07) is 0. The Morgan fingerprint density at radius 2 is 1.08 bits per heavy atom. The number of aliphatic hydroxyl groups excluding tert-OH is 5. The van der Waals surface area contributed by atoms with Gasteiger partial charge in [0.1, 0.15) is 24.4 Å². The molecular weight excluding hydrogens is 380 g/mol. The molecule has 0 aliphatic rings. The van der Waals surface area contributed by atoms with Gasteiger partial charge in [-0.25, -0.2) is 0 Å². The summed E-state index contributed by atoms with van der Waals surface area (Å²) >= 11 is 0. The van der Waals surface area contributed by atoms with E-state index in [9.17, 15) is 4.79 Å². The van der Waals surface area contributed by atoms with Crippen LogP contribution in [0.5, 0.6) is 0 Å². The van der Waals surface area contributed by atoms with Gasteiger partial charge in [-0.2, -0.15) is 0 Å². The van der Waals surface area contributed by atoms with Gasteiger partial charge in [0.05, 0.1) is 6.61 Å². The van der Waals surface area contributed by atoms with E-state index in [4.69, 9.17) is 57.1 Å².